The molecule has 0 bridgehead atoms. The molecule has 3 aromatic rings. The van der Waals surface area contributed by atoms with Crippen LogP contribution in [0.5, 0.6) is 0 Å². The largest absolute Gasteiger partial charge is 0.433 e. The number of imidazole rings is 1. The number of nitrogens with two attached hydrogens (primary N) is 1. The number of nitrogen functional groups attached to an aromatic ring is 1. The first-order valence-corrected chi connectivity index (χ1v) is 10.7. The minimum absolute atomic E-state index is 0. The van der Waals surface area contributed by atoms with Gasteiger partial charge in [-0.1, -0.05) is 36.5 Å². The predicted molar refractivity (Wildman–Crippen MR) is 150 cm³/mol. The van der Waals surface area contributed by atoms with E-state index in [4.69, 9.17) is 20.3 Å². The van der Waals surface area contributed by atoms with Gasteiger partial charge in [0.05, 0.1) is 16.7 Å². The van der Waals surface area contributed by atoms with Gasteiger partial charge in [0, 0.05) is 27.0 Å². The summed E-state index contributed by atoms with van der Waals surface area (Å²) in [5.41, 5.74) is 8.93. The Morgan fingerprint density at radius 2 is 1.68 bits per heavy atom. The molecule has 0 spiro atoms. The van der Waals surface area contributed by atoms with Crippen LogP contribution in [-0.4, -0.2) is 62.0 Å². The van der Waals surface area contributed by atoms with Crippen molar-refractivity contribution in [1.29, 1.82) is 0 Å². The van der Waals surface area contributed by atoms with Gasteiger partial charge < -0.3 is 30.6 Å². The van der Waals surface area contributed by atoms with Crippen LogP contribution in [0, 0.1) is 13.5 Å². The minimum atomic E-state index is -0.570. The van der Waals surface area contributed by atoms with Crippen molar-refractivity contribution in [3.8, 4) is 6.57 Å². The van der Waals surface area contributed by atoms with Gasteiger partial charge >= 0.3 is 13.2 Å². The van der Waals surface area contributed by atoms with Crippen molar-refractivity contribution in [3.63, 3.8) is 0 Å². The summed E-state index contributed by atoms with van der Waals surface area (Å²) in [6.45, 7) is 9.91. The van der Waals surface area contributed by atoms with E-state index in [9.17, 15) is 4.79 Å². The van der Waals surface area contributed by atoms with E-state index >= 15 is 0 Å². The van der Waals surface area contributed by atoms with Gasteiger partial charge in [0.15, 0.2) is 0 Å². The summed E-state index contributed by atoms with van der Waals surface area (Å²) in [7, 11) is 5.85. The van der Waals surface area contributed by atoms with E-state index in [0.29, 0.717) is 5.69 Å². The van der Waals surface area contributed by atoms with Crippen molar-refractivity contribution in [3.05, 3.63) is 59.2 Å². The van der Waals surface area contributed by atoms with E-state index in [1.54, 1.807) is 34.2 Å². The number of nitrogens with one attached hydrogen (secondary N) is 2. The number of carbonyl (C=O) groups is 1. The Morgan fingerprint density at radius 3 is 2.14 bits per heavy atom. The third-order valence-electron chi connectivity index (χ3n) is 4.11. The van der Waals surface area contributed by atoms with Gasteiger partial charge in [-0.15, -0.1) is 0 Å². The number of amides is 1. The second-order valence-corrected chi connectivity index (χ2v) is 6.97. The number of methoxy groups -OCH3 is 1. The molecule has 1 atom stereocenters. The summed E-state index contributed by atoms with van der Waals surface area (Å²) in [6, 6.07) is 14.9. The molecule has 12 heteroatoms. The van der Waals surface area contributed by atoms with E-state index in [2.05, 4.69) is 31.7 Å². The molecular formula is C25H40BN6O5+. The molecule has 1 unspecified atom stereocenters. The average molecular weight is 515 g/mol. The number of carbonyl (C=O) groups excluding carboxylic acids is 3. The van der Waals surface area contributed by atoms with Crippen LogP contribution in [0.25, 0.3) is 15.9 Å². The molecule has 0 aliphatic carbocycles. The lowest BCUT2D eigenvalue weighted by Crippen LogP contribution is -2.28. The molecule has 2 aromatic carbocycles. The fraction of sp³-hybridized carbons (Fsp3) is 0.360. The van der Waals surface area contributed by atoms with Gasteiger partial charge in [-0.25, -0.2) is 4.98 Å². The van der Waals surface area contributed by atoms with Crippen LogP contribution in [0.1, 0.15) is 26.2 Å². The first-order valence-electron chi connectivity index (χ1n) is 10.7. The average Bonchev–Trinajstić information content (AvgIpc) is 3.17. The normalized spacial score (nSPS) is 9.16. The molecule has 0 fully saturated rings. The summed E-state index contributed by atoms with van der Waals surface area (Å²) in [4.78, 5) is 35.3. The molecule has 11 nitrogen and oxygen atoms in total. The Labute approximate surface area is 220 Å². The molecule has 1 amide bonds. The van der Waals surface area contributed by atoms with Crippen LogP contribution in [-0.2, 0) is 19.1 Å². The smallest absolute Gasteiger partial charge is 0.406 e. The fourth-order valence-corrected chi connectivity index (χ4v) is 2.83. The number of nitrogens with zero attached hydrogens (tertiary/aromatic N) is 3. The molecule has 3 rings (SSSR count). The Bertz CT molecular complexity index is 1110. The van der Waals surface area contributed by atoms with Crippen molar-refractivity contribution in [2.45, 2.75) is 34.1 Å². The van der Waals surface area contributed by atoms with Crippen molar-refractivity contribution in [2.75, 3.05) is 39.3 Å². The number of ether oxygens (including phenoxy) is 1. The lowest BCUT2D eigenvalue weighted by Gasteiger charge is -2.14. The molecule has 0 aliphatic heterocycles. The van der Waals surface area contributed by atoms with Crippen LogP contribution in [0.2, 0.25) is 6.82 Å². The quantitative estimate of drug-likeness (QED) is 0.305. The zero-order valence-electron chi connectivity index (χ0n) is 21.9. The zero-order chi connectivity index (χ0) is 28.1. The maximum Gasteiger partial charge on any atom is 0.406 e. The fourth-order valence-electron chi connectivity index (χ4n) is 2.83. The van der Waals surface area contributed by atoms with Gasteiger partial charge in [0.25, 0.3) is 13.6 Å². The summed E-state index contributed by atoms with van der Waals surface area (Å²) < 4.78 is 6.20. The Morgan fingerprint density at radius 1 is 1.22 bits per heavy atom. The summed E-state index contributed by atoms with van der Waals surface area (Å²) >= 11 is 0. The van der Waals surface area contributed by atoms with Crippen molar-refractivity contribution >= 4 is 41.5 Å². The molecule has 0 saturated heterocycles. The highest BCUT2D eigenvalue weighted by atomic mass is 16.4. The van der Waals surface area contributed by atoms with Crippen molar-refractivity contribution in [1.82, 2.24) is 14.9 Å². The number of para-hydroxylation sites is 4. The van der Waals surface area contributed by atoms with Gasteiger partial charge in [-0.3, -0.25) is 4.79 Å². The Kier molecular flexibility index (Phi) is 22.5. The highest BCUT2D eigenvalue weighted by molar-refractivity contribution is 6.53. The summed E-state index contributed by atoms with van der Waals surface area (Å²) in [5, 5.41) is 14.4. The summed E-state index contributed by atoms with van der Waals surface area (Å²) in [6.07, 6.45) is 0.250. The van der Waals surface area contributed by atoms with Crippen molar-refractivity contribution in [2.24, 2.45) is 0 Å². The monoisotopic (exact) mass is 515 g/mol. The third-order valence-corrected chi connectivity index (χ3v) is 4.11. The van der Waals surface area contributed by atoms with E-state index in [1.165, 1.54) is 7.05 Å². The molecule has 0 saturated carbocycles. The molecule has 202 valence electrons. The number of rotatable bonds is 4. The molecule has 1 aromatic heterocycles. The second-order valence-electron chi connectivity index (χ2n) is 6.97. The first kappa shape index (κ1) is 37.4. The number of aryl methyl sites for hydroxylation is 1. The van der Waals surface area contributed by atoms with Gasteiger partial charge in [-0.2, -0.15) is 9.59 Å². The zero-order valence-corrected chi connectivity index (χ0v) is 21.9. The van der Waals surface area contributed by atoms with Crippen LogP contribution in [0.3, 0.4) is 0 Å². The topological polar surface area (TPSA) is 153 Å². The number of aromatic nitrogens is 2. The molecule has 37 heavy (non-hydrogen) atoms. The predicted octanol–water partition coefficient (Wildman–Crippen LogP) is 3.34. The first-order chi connectivity index (χ1) is 17.1. The SMILES string of the molecule is C.C#[N+]C.CB(O)Nc1ccccc1N.CNC(=O)C(C)n1c(C)nc2ccccc21.COC.O=C=O. The van der Waals surface area contributed by atoms with Gasteiger partial charge in [0.1, 0.15) is 11.9 Å². The van der Waals surface area contributed by atoms with E-state index in [-0.39, 0.29) is 25.5 Å². The van der Waals surface area contributed by atoms with E-state index in [1.807, 2.05) is 60.9 Å². The third kappa shape index (κ3) is 14.7. The van der Waals surface area contributed by atoms with Crippen LogP contribution >= 0.6 is 0 Å². The number of hydrogen-bond acceptors (Lipinski definition) is 8. The standard InChI is InChI=1S/C12H15N3O.C7H11BN2O.C2H4N.C2H6O.CO2.CH4/c1-8(12(16)13-3)15-9(2)14-10-6-4-5-7-11(10)15;1-8(11)10-7-5-3-2-4-6(7)9;2*1-3-2;2-1-3;/h4-8H,1-3H3,(H,13,16);2-5,10-11H,9H2,1H3;1H,2H3;1-2H3;;1H4/q;;+1;;;. The molecule has 0 radical (unpaired) electrons. The number of likely N-dealkylation sites (N-methyl/N-ethyl adjacent to an activating group) is 1. The number of benzene rings is 2. The van der Waals surface area contributed by atoms with E-state index < -0.39 is 7.05 Å². The van der Waals surface area contributed by atoms with Crippen molar-refractivity contribution < 1.29 is 24.1 Å². The Hall–Kier alpha value is -4.17. The maximum atomic E-state index is 11.6. The van der Waals surface area contributed by atoms with Crippen LogP contribution in [0.4, 0.5) is 11.4 Å². The minimum Gasteiger partial charge on any atom is -0.433 e. The second kappa shape index (κ2) is 22.3. The lowest BCUT2D eigenvalue weighted by atomic mass is 9.88. The number of hydrogen-bond donors (Lipinski definition) is 4. The van der Waals surface area contributed by atoms with Gasteiger partial charge in [0.2, 0.25) is 5.91 Å². The summed E-state index contributed by atoms with van der Waals surface area (Å²) in [5.74, 6) is 0.851. The molecular weight excluding hydrogens is 475 g/mol. The molecule has 5 N–H and O–H groups in total. The highest BCUT2D eigenvalue weighted by Gasteiger charge is 2.18. The molecule has 1 heterocycles. The van der Waals surface area contributed by atoms with E-state index in [0.717, 1.165) is 22.5 Å². The van der Waals surface area contributed by atoms with Crippen LogP contribution < -0.4 is 16.3 Å². The van der Waals surface area contributed by atoms with Crippen LogP contribution in [0.15, 0.2) is 48.5 Å². The number of anilines is 2. The lowest BCUT2D eigenvalue weighted by molar-refractivity contribution is -0.191. The maximum absolute atomic E-state index is 11.6. The highest BCUT2D eigenvalue weighted by Crippen LogP contribution is 2.20. The number of fused-ring (bicyclic) bond motifs is 1. The molecule has 0 aliphatic rings. The Balaban J connectivity index is -0.000000479. The van der Waals surface area contributed by atoms with Gasteiger partial charge in [-0.05, 0) is 44.9 Å².